The van der Waals surface area contributed by atoms with E-state index in [0.29, 0.717) is 0 Å². The summed E-state index contributed by atoms with van der Waals surface area (Å²) in [5.41, 5.74) is 5.28. The smallest absolute Gasteiger partial charge is 0.0230 e. The van der Waals surface area contributed by atoms with Crippen LogP contribution >= 0.6 is 0 Å². The molecule has 0 amide bonds. The molecule has 23 heavy (non-hydrogen) atoms. The summed E-state index contributed by atoms with van der Waals surface area (Å²) in [6.45, 7) is 18.8. The second-order valence-electron chi connectivity index (χ2n) is 6.25. The van der Waals surface area contributed by atoms with E-state index in [1.165, 1.54) is 60.8 Å². The van der Waals surface area contributed by atoms with E-state index in [1.54, 1.807) is 0 Å². The topological polar surface area (TPSA) is 0 Å². The monoisotopic (exact) mass is 316 g/mol. The normalized spacial score (nSPS) is 10.1. The summed E-state index contributed by atoms with van der Waals surface area (Å²) in [6, 6.07) is 8.60. The van der Waals surface area contributed by atoms with E-state index in [4.69, 9.17) is 0 Å². The molecule has 0 nitrogen and oxygen atoms in total. The molecule has 0 fully saturated rings. The van der Waals surface area contributed by atoms with Gasteiger partial charge in [-0.05, 0) is 51.7 Å². The summed E-state index contributed by atoms with van der Waals surface area (Å²) in [4.78, 5) is 0. The Labute approximate surface area is 146 Å². The van der Waals surface area contributed by atoms with Crippen LogP contribution in [-0.2, 0) is 0 Å². The van der Waals surface area contributed by atoms with Crippen LogP contribution < -0.4 is 0 Å². The van der Waals surface area contributed by atoms with Crippen molar-refractivity contribution in [2.45, 2.75) is 87.0 Å². The molecular weight excluding hydrogens is 276 g/mol. The average Bonchev–Trinajstić information content (AvgIpc) is 2.55. The molecule has 0 spiro atoms. The van der Waals surface area contributed by atoms with Gasteiger partial charge in [-0.25, -0.2) is 0 Å². The summed E-state index contributed by atoms with van der Waals surface area (Å²) in [6.07, 6.45) is 10.00. The maximum Gasteiger partial charge on any atom is -0.0230 e. The van der Waals surface area contributed by atoms with Crippen LogP contribution in [0.25, 0.3) is 5.57 Å². The Bertz CT molecular complexity index is 404. The second kappa shape index (κ2) is 17.1. The fourth-order valence-electron chi connectivity index (χ4n) is 1.82. The molecule has 0 heterocycles. The Balaban J connectivity index is 0. The Hall–Kier alpha value is -1.30. The Morgan fingerprint density at radius 3 is 1.65 bits per heavy atom. The predicted molar refractivity (Wildman–Crippen MR) is 110 cm³/mol. The van der Waals surface area contributed by atoms with Gasteiger partial charge in [-0.2, -0.15) is 0 Å². The highest BCUT2D eigenvalue weighted by molar-refractivity contribution is 5.63. The van der Waals surface area contributed by atoms with Crippen molar-refractivity contribution in [2.24, 2.45) is 0 Å². The number of benzene rings is 1. The van der Waals surface area contributed by atoms with Crippen molar-refractivity contribution >= 4 is 5.57 Å². The molecule has 0 aliphatic carbocycles. The van der Waals surface area contributed by atoms with Crippen LogP contribution in [-0.4, -0.2) is 0 Å². The van der Waals surface area contributed by atoms with Crippen LogP contribution in [0.4, 0.5) is 0 Å². The van der Waals surface area contributed by atoms with Crippen molar-refractivity contribution in [1.82, 2.24) is 0 Å². The summed E-state index contributed by atoms with van der Waals surface area (Å²) < 4.78 is 0. The van der Waals surface area contributed by atoms with E-state index in [9.17, 15) is 0 Å². The molecule has 0 bridgehead atoms. The minimum atomic E-state index is 1.20. The highest BCUT2D eigenvalue weighted by Gasteiger charge is 1.91. The van der Waals surface area contributed by atoms with Gasteiger partial charge in [-0.1, -0.05) is 87.9 Å². The van der Waals surface area contributed by atoms with E-state index in [2.05, 4.69) is 85.4 Å². The second-order valence-corrected chi connectivity index (χ2v) is 6.25. The number of rotatable bonds is 6. The lowest BCUT2D eigenvalue weighted by molar-refractivity contribution is 0.772. The highest BCUT2D eigenvalue weighted by Crippen LogP contribution is 2.13. The fraction of sp³-hybridized carbons (Fsp3) is 0.565. The van der Waals surface area contributed by atoms with Crippen LogP contribution in [0.1, 0.15) is 91.2 Å². The maximum atomic E-state index is 3.79. The van der Waals surface area contributed by atoms with Crippen molar-refractivity contribution in [1.29, 1.82) is 0 Å². The Morgan fingerprint density at radius 2 is 1.39 bits per heavy atom. The van der Waals surface area contributed by atoms with E-state index >= 15 is 0 Å². The van der Waals surface area contributed by atoms with Gasteiger partial charge >= 0.3 is 0 Å². The lowest BCUT2D eigenvalue weighted by atomic mass is 10.1. The van der Waals surface area contributed by atoms with Gasteiger partial charge < -0.3 is 0 Å². The van der Waals surface area contributed by atoms with Crippen LogP contribution in [0, 0.1) is 6.92 Å². The molecule has 0 aliphatic rings. The number of aryl methyl sites for hydroxylation is 1. The molecule has 0 saturated carbocycles. The molecule has 0 saturated heterocycles. The SMILES string of the molecule is C/C=C(\C)c1ccc(C)cc1.C=C(C)CCCC.CCCCC. The summed E-state index contributed by atoms with van der Waals surface area (Å²) >= 11 is 0. The lowest BCUT2D eigenvalue weighted by Crippen LogP contribution is -1.78. The fourth-order valence-corrected chi connectivity index (χ4v) is 1.82. The van der Waals surface area contributed by atoms with Gasteiger partial charge in [-0.3, -0.25) is 0 Å². The molecule has 1 rings (SSSR count). The zero-order valence-electron chi connectivity index (χ0n) is 16.8. The van der Waals surface area contributed by atoms with Crippen molar-refractivity contribution in [3.05, 3.63) is 53.6 Å². The molecule has 132 valence electrons. The molecular formula is C23H40. The van der Waals surface area contributed by atoms with Gasteiger partial charge in [-0.15, -0.1) is 6.58 Å². The molecule has 0 atom stereocenters. The van der Waals surface area contributed by atoms with E-state index in [0.717, 1.165) is 0 Å². The molecule has 0 heteroatoms. The zero-order valence-corrected chi connectivity index (χ0v) is 16.8. The third-order valence-electron chi connectivity index (χ3n) is 3.60. The zero-order chi connectivity index (χ0) is 18.1. The Morgan fingerprint density at radius 1 is 0.913 bits per heavy atom. The summed E-state index contributed by atoms with van der Waals surface area (Å²) in [5, 5.41) is 0. The number of hydrogen-bond acceptors (Lipinski definition) is 0. The minimum absolute atomic E-state index is 1.20. The van der Waals surface area contributed by atoms with Crippen molar-refractivity contribution in [2.75, 3.05) is 0 Å². The van der Waals surface area contributed by atoms with Gasteiger partial charge in [0, 0.05) is 0 Å². The van der Waals surface area contributed by atoms with E-state index < -0.39 is 0 Å². The first-order valence-corrected chi connectivity index (χ1v) is 9.27. The third kappa shape index (κ3) is 16.9. The van der Waals surface area contributed by atoms with Crippen LogP contribution in [0.5, 0.6) is 0 Å². The quantitative estimate of drug-likeness (QED) is 0.462. The molecule has 1 aromatic rings. The highest BCUT2D eigenvalue weighted by atomic mass is 14.0. The van der Waals surface area contributed by atoms with Crippen LogP contribution in [0.3, 0.4) is 0 Å². The third-order valence-corrected chi connectivity index (χ3v) is 3.60. The standard InChI is InChI=1S/C11H14.C7H14.C5H12/c1-4-10(3)11-7-5-9(2)6-8-11;1-4-5-6-7(2)3;1-3-5-4-2/h4-8H,1-3H3;2,4-6H2,1,3H3;3-5H2,1-2H3/b10-4+;;. The number of allylic oxidation sites excluding steroid dienone is 3. The number of hydrogen-bond donors (Lipinski definition) is 0. The van der Waals surface area contributed by atoms with Crippen molar-refractivity contribution in [3.8, 4) is 0 Å². The largest absolute Gasteiger partial charge is 0.100 e. The maximum absolute atomic E-state index is 3.79. The van der Waals surface area contributed by atoms with Gasteiger partial charge in [0.2, 0.25) is 0 Å². The van der Waals surface area contributed by atoms with E-state index in [-0.39, 0.29) is 0 Å². The predicted octanol–water partition coefficient (Wildman–Crippen LogP) is 8.37. The molecule has 0 N–H and O–H groups in total. The molecule has 0 aliphatic heterocycles. The van der Waals surface area contributed by atoms with E-state index in [1.807, 2.05) is 0 Å². The molecule has 0 aromatic heterocycles. The first-order valence-electron chi connectivity index (χ1n) is 9.27. The summed E-state index contributed by atoms with van der Waals surface area (Å²) in [7, 11) is 0. The van der Waals surface area contributed by atoms with Crippen molar-refractivity contribution in [3.63, 3.8) is 0 Å². The van der Waals surface area contributed by atoms with Gasteiger partial charge in [0.15, 0.2) is 0 Å². The molecule has 0 unspecified atom stereocenters. The van der Waals surface area contributed by atoms with Crippen LogP contribution in [0.2, 0.25) is 0 Å². The van der Waals surface area contributed by atoms with Gasteiger partial charge in [0.25, 0.3) is 0 Å². The lowest BCUT2D eigenvalue weighted by Gasteiger charge is -1.99. The first-order chi connectivity index (χ1) is 10.9. The first kappa shape index (κ1) is 24.0. The summed E-state index contributed by atoms with van der Waals surface area (Å²) in [5.74, 6) is 0. The molecule has 0 radical (unpaired) electrons. The van der Waals surface area contributed by atoms with Crippen molar-refractivity contribution < 1.29 is 0 Å². The van der Waals surface area contributed by atoms with Gasteiger partial charge in [0.1, 0.15) is 0 Å². The van der Waals surface area contributed by atoms with Gasteiger partial charge in [0.05, 0.1) is 0 Å². The number of unbranched alkanes of at least 4 members (excludes halogenated alkanes) is 3. The van der Waals surface area contributed by atoms with Crippen LogP contribution in [0.15, 0.2) is 42.5 Å². The average molecular weight is 317 g/mol. The molecule has 1 aromatic carbocycles. The minimum Gasteiger partial charge on any atom is -0.100 e. The Kier molecular flexibility index (Phi) is 17.8.